The Labute approximate surface area is 239 Å². The second-order valence-electron chi connectivity index (χ2n) is 11.3. The maximum Gasteiger partial charge on any atom is 0.416 e. The van der Waals surface area contributed by atoms with E-state index in [-0.39, 0.29) is 29.3 Å². The molecule has 0 aliphatic heterocycles. The van der Waals surface area contributed by atoms with E-state index >= 15 is 0 Å². The van der Waals surface area contributed by atoms with Crippen LogP contribution < -0.4 is 16.4 Å². The number of aromatic nitrogens is 4. The molecule has 0 spiro atoms. The Kier molecular flexibility index (Phi) is 6.79. The van der Waals surface area contributed by atoms with Gasteiger partial charge in [-0.2, -0.15) is 13.2 Å². The van der Waals surface area contributed by atoms with Gasteiger partial charge in [0.15, 0.2) is 0 Å². The first-order valence-electron chi connectivity index (χ1n) is 13.7. The predicted octanol–water partition coefficient (Wildman–Crippen LogP) is 4.04. The first kappa shape index (κ1) is 27.9. The minimum Gasteiger partial charge on any atom is -0.382 e. The number of alkyl halides is 3. The fourth-order valence-corrected chi connectivity index (χ4v) is 6.67. The van der Waals surface area contributed by atoms with E-state index in [4.69, 9.17) is 15.5 Å². The molecular weight excluding hydrogens is 551 g/mol. The molecule has 42 heavy (non-hydrogen) atoms. The maximum absolute atomic E-state index is 13.0. The number of nitrogens with two attached hydrogens (primary N) is 1. The van der Waals surface area contributed by atoms with Crippen LogP contribution in [0.1, 0.15) is 55.6 Å². The second-order valence-corrected chi connectivity index (χ2v) is 11.3. The highest BCUT2D eigenvalue weighted by Crippen LogP contribution is 2.57. The monoisotopic (exact) mass is 581 g/mol. The standard InChI is InChI=1S/C29H30F3N7O3/c1-42-15-21(40)38-28-9-7-27(16-28,8-10-28)26-37-22(23-24(33)35-12-13-39(23)26)17-2-4-18(5-3-17)25(41)36-20-14-19(6-11-34-20)29(30,31)32/h2-4,6,11-14,18H,5,7-10,15-16H2,1H3,(H2,33,35)(H,38,40)(H,34,36,41). The minimum absolute atomic E-state index is 0.0172. The SMILES string of the molecule is COCC(=O)NC12CCC(c3nc(C4=CCC(C(=O)Nc5cc(C(F)(F)F)ccn5)C=C4)c4c(N)nccn34)(CC1)C2. The van der Waals surface area contributed by atoms with Gasteiger partial charge in [0, 0.05) is 36.7 Å². The Morgan fingerprint density at radius 2 is 1.98 bits per heavy atom. The first-order valence-corrected chi connectivity index (χ1v) is 13.7. The van der Waals surface area contributed by atoms with Crippen molar-refractivity contribution in [3.8, 4) is 0 Å². The van der Waals surface area contributed by atoms with Gasteiger partial charge in [-0.1, -0.05) is 18.2 Å². The number of nitrogens with zero attached hydrogens (tertiary/aromatic N) is 4. The molecule has 3 heterocycles. The Morgan fingerprint density at radius 1 is 1.19 bits per heavy atom. The quantitative estimate of drug-likeness (QED) is 0.383. The Hall–Kier alpha value is -4.26. The van der Waals surface area contributed by atoms with Gasteiger partial charge in [0.05, 0.1) is 17.2 Å². The van der Waals surface area contributed by atoms with E-state index in [1.807, 2.05) is 16.7 Å². The van der Waals surface area contributed by atoms with E-state index in [9.17, 15) is 22.8 Å². The number of methoxy groups -OCH3 is 1. The number of carbonyl (C=O) groups is 2. The van der Waals surface area contributed by atoms with Gasteiger partial charge in [0.25, 0.3) is 0 Å². The van der Waals surface area contributed by atoms with Crippen LogP contribution in [0.2, 0.25) is 0 Å². The summed E-state index contributed by atoms with van der Waals surface area (Å²) in [5, 5.41) is 5.68. The fraction of sp³-hybridized carbons (Fsp3) is 0.414. The van der Waals surface area contributed by atoms with E-state index in [2.05, 4.69) is 20.6 Å². The lowest BCUT2D eigenvalue weighted by molar-refractivity contribution is -0.137. The largest absolute Gasteiger partial charge is 0.416 e. The molecule has 0 aromatic carbocycles. The molecule has 6 rings (SSSR count). The molecule has 2 amide bonds. The van der Waals surface area contributed by atoms with Gasteiger partial charge in [-0.15, -0.1) is 0 Å². The van der Waals surface area contributed by atoms with Crippen LogP contribution in [0.25, 0.3) is 11.1 Å². The molecule has 2 saturated carbocycles. The highest BCUT2D eigenvalue weighted by Gasteiger charge is 2.57. The highest BCUT2D eigenvalue weighted by atomic mass is 19.4. The predicted molar refractivity (Wildman–Crippen MR) is 148 cm³/mol. The average molecular weight is 582 g/mol. The molecule has 0 radical (unpaired) electrons. The molecule has 3 aliphatic rings. The summed E-state index contributed by atoms with van der Waals surface area (Å²) >= 11 is 0. The van der Waals surface area contributed by atoms with Crippen LogP contribution in [0, 0.1) is 5.92 Å². The van der Waals surface area contributed by atoms with Crippen molar-refractivity contribution in [2.45, 2.75) is 55.7 Å². The van der Waals surface area contributed by atoms with E-state index in [0.717, 1.165) is 61.8 Å². The number of pyridine rings is 1. The summed E-state index contributed by atoms with van der Waals surface area (Å²) in [6.07, 6.45) is 9.79. The van der Waals surface area contributed by atoms with Crippen LogP contribution in [-0.4, -0.2) is 50.4 Å². The van der Waals surface area contributed by atoms with Gasteiger partial charge < -0.3 is 21.1 Å². The number of hydrogen-bond donors (Lipinski definition) is 3. The number of nitrogens with one attached hydrogen (secondary N) is 2. The van der Waals surface area contributed by atoms with Gasteiger partial charge in [0.2, 0.25) is 11.8 Å². The molecule has 1 atom stereocenters. The summed E-state index contributed by atoms with van der Waals surface area (Å²) < 4.78 is 46.1. The van der Waals surface area contributed by atoms with Crippen LogP contribution >= 0.6 is 0 Å². The van der Waals surface area contributed by atoms with Crippen molar-refractivity contribution >= 4 is 34.5 Å². The summed E-state index contributed by atoms with van der Waals surface area (Å²) in [6.45, 7) is 0.0172. The van der Waals surface area contributed by atoms with E-state index < -0.39 is 23.6 Å². The van der Waals surface area contributed by atoms with Crippen molar-refractivity contribution in [3.63, 3.8) is 0 Å². The number of amides is 2. The zero-order chi connectivity index (χ0) is 29.7. The van der Waals surface area contributed by atoms with E-state index in [1.54, 1.807) is 18.3 Å². The lowest BCUT2D eigenvalue weighted by atomic mass is 9.83. The van der Waals surface area contributed by atoms with E-state index in [1.165, 1.54) is 7.11 Å². The Morgan fingerprint density at radius 3 is 2.67 bits per heavy atom. The molecule has 220 valence electrons. The zero-order valence-corrected chi connectivity index (χ0v) is 22.9. The second kappa shape index (κ2) is 10.2. The van der Waals surface area contributed by atoms with Crippen molar-refractivity contribution in [3.05, 3.63) is 66.0 Å². The Bertz CT molecular complexity index is 1620. The number of nitrogen functional groups attached to an aromatic ring is 1. The van der Waals surface area contributed by atoms with Crippen molar-refractivity contribution in [2.75, 3.05) is 24.8 Å². The van der Waals surface area contributed by atoms with Crippen LogP contribution in [0.3, 0.4) is 0 Å². The molecule has 0 saturated heterocycles. The molecule has 13 heteroatoms. The third-order valence-electron chi connectivity index (χ3n) is 8.63. The highest BCUT2D eigenvalue weighted by molar-refractivity contribution is 5.95. The number of allylic oxidation sites excluding steroid dienone is 3. The van der Waals surface area contributed by atoms with Crippen molar-refractivity contribution in [2.24, 2.45) is 5.92 Å². The lowest BCUT2D eigenvalue weighted by Gasteiger charge is -2.28. The number of rotatable bonds is 7. The smallest absolute Gasteiger partial charge is 0.382 e. The minimum atomic E-state index is -4.54. The summed E-state index contributed by atoms with van der Waals surface area (Å²) in [6, 6.07) is 1.66. The van der Waals surface area contributed by atoms with E-state index in [0.29, 0.717) is 23.4 Å². The number of carbonyl (C=O) groups excluding carboxylic acids is 2. The number of hydrogen-bond acceptors (Lipinski definition) is 7. The van der Waals surface area contributed by atoms with Gasteiger partial charge in [-0.25, -0.2) is 15.0 Å². The van der Waals surface area contributed by atoms with Crippen LogP contribution in [0.5, 0.6) is 0 Å². The lowest BCUT2D eigenvalue weighted by Crippen LogP contribution is -2.46. The molecule has 2 fully saturated rings. The van der Waals surface area contributed by atoms with Gasteiger partial charge >= 0.3 is 6.18 Å². The summed E-state index contributed by atoms with van der Waals surface area (Å²) in [5.41, 5.74) is 7.02. The van der Waals surface area contributed by atoms with Gasteiger partial charge in [-0.05, 0) is 56.2 Å². The molecule has 1 unspecified atom stereocenters. The molecule has 3 aromatic rings. The molecule has 3 aliphatic carbocycles. The molecule has 4 N–H and O–H groups in total. The van der Waals surface area contributed by atoms with Crippen LogP contribution in [0.15, 0.2) is 49.0 Å². The Balaban J connectivity index is 1.24. The molecule has 3 aromatic heterocycles. The van der Waals surface area contributed by atoms with Crippen molar-refractivity contribution in [1.82, 2.24) is 24.7 Å². The summed E-state index contributed by atoms with van der Waals surface area (Å²) in [4.78, 5) is 38.4. The molecule has 10 nitrogen and oxygen atoms in total. The molecule has 2 bridgehead atoms. The zero-order valence-electron chi connectivity index (χ0n) is 22.9. The third-order valence-corrected chi connectivity index (χ3v) is 8.63. The number of ether oxygens (including phenoxy) is 1. The fourth-order valence-electron chi connectivity index (χ4n) is 6.67. The third kappa shape index (κ3) is 4.91. The topological polar surface area (TPSA) is 137 Å². The summed E-state index contributed by atoms with van der Waals surface area (Å²) in [7, 11) is 1.50. The van der Waals surface area contributed by atoms with Crippen molar-refractivity contribution < 1.29 is 27.5 Å². The first-order chi connectivity index (χ1) is 20.0. The average Bonchev–Trinajstić information content (AvgIpc) is 3.64. The summed E-state index contributed by atoms with van der Waals surface area (Å²) in [5.74, 6) is -0.170. The van der Waals surface area contributed by atoms with Gasteiger partial charge in [0.1, 0.15) is 29.6 Å². The number of halogens is 3. The van der Waals surface area contributed by atoms with Crippen LogP contribution in [0.4, 0.5) is 24.8 Å². The maximum atomic E-state index is 13.0. The van der Waals surface area contributed by atoms with Crippen LogP contribution in [-0.2, 0) is 25.9 Å². The number of anilines is 2. The molecular formula is C29H30F3N7O3. The van der Waals surface area contributed by atoms with Crippen molar-refractivity contribution in [1.29, 1.82) is 0 Å². The normalized spacial score (nSPS) is 25.0. The van der Waals surface area contributed by atoms with Gasteiger partial charge in [-0.3, -0.25) is 14.0 Å². The number of fused-ring (bicyclic) bond motifs is 3. The number of imidazole rings is 1.